The standard InChI is InChI=1S/C45H61N5O4/c1-28-23-33(44(8,9)26-42(2,3)4)36(34(24-28)45(10,11)27-43(5,6)7)53-40(51)35-32(25-46)39(54-41(52)49(12)13)50-38(35)47-37(48-50)31-21-19-30(20-22-31)29-17-15-14-16-18-29/h14-22,28,33-34,36H,23-24,26-27H2,1-13H3,(H,47,48). The minimum Gasteiger partial charge on any atom is -0.458 e. The molecule has 9 nitrogen and oxygen atoms in total. The molecule has 2 heterocycles. The van der Waals surface area contributed by atoms with Gasteiger partial charge in [0.15, 0.2) is 11.5 Å². The molecular weight excluding hydrogens is 675 g/mol. The number of nitrogens with one attached hydrogen (secondary N) is 1. The van der Waals surface area contributed by atoms with Gasteiger partial charge in [0, 0.05) is 31.5 Å². The van der Waals surface area contributed by atoms with E-state index in [1.54, 1.807) is 14.1 Å². The maximum absolute atomic E-state index is 14.9. The number of benzene rings is 2. The number of nitrogens with zero attached hydrogens (tertiary/aromatic N) is 4. The Hall–Kier alpha value is -4.58. The molecule has 1 saturated carbocycles. The predicted octanol–water partition coefficient (Wildman–Crippen LogP) is 11.0. The molecule has 5 rings (SSSR count). The fraction of sp³-hybridized carbons (Fsp3) is 0.556. The van der Waals surface area contributed by atoms with E-state index in [0.717, 1.165) is 42.4 Å². The van der Waals surface area contributed by atoms with Gasteiger partial charge < -0.3 is 14.4 Å². The van der Waals surface area contributed by atoms with Crippen molar-refractivity contribution in [3.8, 4) is 34.5 Å². The van der Waals surface area contributed by atoms with Gasteiger partial charge in [-0.15, -0.1) is 0 Å². The van der Waals surface area contributed by atoms with Gasteiger partial charge in [-0.3, -0.25) is 5.10 Å². The van der Waals surface area contributed by atoms with Gasteiger partial charge in [0.1, 0.15) is 23.3 Å². The molecule has 1 aliphatic carbocycles. The maximum Gasteiger partial charge on any atom is 0.416 e. The molecule has 4 aromatic rings. The summed E-state index contributed by atoms with van der Waals surface area (Å²) in [5, 5.41) is 13.8. The molecule has 0 saturated heterocycles. The van der Waals surface area contributed by atoms with Crippen LogP contribution in [0.15, 0.2) is 54.6 Å². The zero-order valence-corrected chi connectivity index (χ0v) is 34.8. The zero-order valence-electron chi connectivity index (χ0n) is 34.8. The lowest BCUT2D eigenvalue weighted by Crippen LogP contribution is -2.52. The molecule has 1 N–H and O–H groups in total. The Morgan fingerprint density at radius 3 is 1.81 bits per heavy atom. The van der Waals surface area contributed by atoms with Gasteiger partial charge in [0.05, 0.1) is 0 Å². The van der Waals surface area contributed by atoms with Crippen molar-refractivity contribution in [2.45, 2.75) is 108 Å². The number of rotatable bonds is 9. The lowest BCUT2D eigenvalue weighted by atomic mass is 9.54. The molecule has 0 aliphatic heterocycles. The van der Waals surface area contributed by atoms with Crippen molar-refractivity contribution in [3.05, 3.63) is 65.7 Å². The van der Waals surface area contributed by atoms with Crippen LogP contribution in [0.2, 0.25) is 0 Å². The molecule has 9 heteroatoms. The van der Waals surface area contributed by atoms with Gasteiger partial charge in [-0.2, -0.15) is 5.26 Å². The quantitative estimate of drug-likeness (QED) is 0.171. The Bertz CT molecular complexity index is 1960. The highest BCUT2D eigenvalue weighted by molar-refractivity contribution is 6.01. The van der Waals surface area contributed by atoms with Crippen molar-refractivity contribution >= 4 is 17.7 Å². The minimum atomic E-state index is -0.691. The highest BCUT2D eigenvalue weighted by Crippen LogP contribution is 2.55. The van der Waals surface area contributed by atoms with Crippen molar-refractivity contribution in [2.24, 2.45) is 39.4 Å². The number of carbonyl (C=O) groups is 2. The van der Waals surface area contributed by atoms with Crippen LogP contribution in [0, 0.1) is 50.7 Å². The zero-order chi connectivity index (χ0) is 40.0. The molecule has 2 atom stereocenters. The second kappa shape index (κ2) is 14.9. The Balaban J connectivity index is 1.64. The number of carbonyl (C=O) groups excluding carboxylic acids is 2. The third kappa shape index (κ3) is 8.86. The third-order valence-electron chi connectivity index (χ3n) is 11.0. The van der Waals surface area contributed by atoms with E-state index in [2.05, 4.69) is 99.5 Å². The molecule has 1 fully saturated rings. The van der Waals surface area contributed by atoms with Crippen LogP contribution in [0.3, 0.4) is 0 Å². The summed E-state index contributed by atoms with van der Waals surface area (Å²) < 4.78 is 14.0. The summed E-state index contributed by atoms with van der Waals surface area (Å²) in [5.41, 5.74) is 2.77. The van der Waals surface area contributed by atoms with Crippen LogP contribution >= 0.6 is 0 Å². The van der Waals surface area contributed by atoms with E-state index in [4.69, 9.17) is 14.5 Å². The predicted molar refractivity (Wildman–Crippen MR) is 215 cm³/mol. The fourth-order valence-corrected chi connectivity index (χ4v) is 9.51. The first-order valence-corrected chi connectivity index (χ1v) is 19.3. The van der Waals surface area contributed by atoms with Crippen molar-refractivity contribution < 1.29 is 19.1 Å². The molecule has 2 aromatic heterocycles. The number of nitriles is 1. The van der Waals surface area contributed by atoms with Gasteiger partial charge in [0.2, 0.25) is 5.88 Å². The average Bonchev–Trinajstić information content (AvgIpc) is 3.61. The van der Waals surface area contributed by atoms with Crippen molar-refractivity contribution in [2.75, 3.05) is 14.1 Å². The monoisotopic (exact) mass is 735 g/mol. The van der Waals surface area contributed by atoms with E-state index < -0.39 is 18.2 Å². The Labute approximate surface area is 322 Å². The first-order chi connectivity index (χ1) is 25.0. The summed E-state index contributed by atoms with van der Waals surface area (Å²) in [4.78, 5) is 34.0. The SMILES string of the molecule is CC1CC(C(C)(C)CC(C)(C)C)C(OC(=O)c2c(C#N)c(OC(=O)N(C)C)n3[nH]c(-c4ccc(-c5ccccc5)cc4)nc23)C(C(C)(C)CC(C)(C)C)C1. The normalized spacial score (nSPS) is 19.7. The first kappa shape index (κ1) is 40.6. The van der Waals surface area contributed by atoms with Crippen molar-refractivity contribution in [1.82, 2.24) is 19.5 Å². The van der Waals surface area contributed by atoms with Crippen LogP contribution < -0.4 is 4.74 Å². The summed E-state index contributed by atoms with van der Waals surface area (Å²) in [6.07, 6.45) is 2.65. The van der Waals surface area contributed by atoms with Crippen LogP contribution in [0.1, 0.15) is 118 Å². The summed E-state index contributed by atoms with van der Waals surface area (Å²) >= 11 is 0. The van der Waals surface area contributed by atoms with Gasteiger partial charge in [-0.25, -0.2) is 19.1 Å². The van der Waals surface area contributed by atoms with Crippen molar-refractivity contribution in [1.29, 1.82) is 5.26 Å². The highest BCUT2D eigenvalue weighted by atomic mass is 16.6. The van der Waals surface area contributed by atoms with Crippen LogP contribution in [0.25, 0.3) is 28.2 Å². The Morgan fingerprint density at radius 2 is 1.33 bits per heavy atom. The molecule has 0 radical (unpaired) electrons. The second-order valence-electron chi connectivity index (χ2n) is 19.7. The third-order valence-corrected chi connectivity index (χ3v) is 11.0. The van der Waals surface area contributed by atoms with E-state index >= 15 is 0 Å². The van der Waals surface area contributed by atoms with E-state index in [9.17, 15) is 14.9 Å². The topological polar surface area (TPSA) is 113 Å². The smallest absolute Gasteiger partial charge is 0.416 e. The fourth-order valence-electron chi connectivity index (χ4n) is 9.51. The average molecular weight is 736 g/mol. The van der Waals surface area contributed by atoms with E-state index in [0.29, 0.717) is 11.7 Å². The second-order valence-corrected chi connectivity index (χ2v) is 19.7. The van der Waals surface area contributed by atoms with Gasteiger partial charge >= 0.3 is 12.1 Å². The van der Waals surface area contributed by atoms with Crippen LogP contribution in [0.4, 0.5) is 4.79 Å². The minimum absolute atomic E-state index is 0.0131. The number of H-pyrrole nitrogens is 1. The Kier molecular flexibility index (Phi) is 11.2. The highest BCUT2D eigenvalue weighted by Gasteiger charge is 2.52. The lowest BCUT2D eigenvalue weighted by Gasteiger charge is -2.53. The van der Waals surface area contributed by atoms with Gasteiger partial charge in [-0.05, 0) is 64.4 Å². The molecule has 0 bridgehead atoms. The molecule has 290 valence electrons. The van der Waals surface area contributed by atoms with Gasteiger partial charge in [0.25, 0.3) is 0 Å². The number of fused-ring (bicyclic) bond motifs is 1. The van der Waals surface area contributed by atoms with Crippen LogP contribution in [-0.2, 0) is 4.74 Å². The molecule has 0 spiro atoms. The number of ether oxygens (including phenoxy) is 2. The van der Waals surface area contributed by atoms with E-state index in [-0.39, 0.29) is 56.1 Å². The number of hydrogen-bond acceptors (Lipinski definition) is 6. The first-order valence-electron chi connectivity index (χ1n) is 19.3. The van der Waals surface area contributed by atoms with Crippen molar-refractivity contribution in [3.63, 3.8) is 0 Å². The van der Waals surface area contributed by atoms with Gasteiger partial charge in [-0.1, -0.05) is 131 Å². The summed E-state index contributed by atoms with van der Waals surface area (Å²) in [6.45, 7) is 25.2. The molecule has 54 heavy (non-hydrogen) atoms. The number of hydrogen-bond donors (Lipinski definition) is 1. The van der Waals surface area contributed by atoms with Crippen LogP contribution in [0.5, 0.6) is 5.88 Å². The summed E-state index contributed by atoms with van der Waals surface area (Å²) in [7, 11) is 3.12. The number of esters is 1. The molecule has 1 amide bonds. The number of amides is 1. The van der Waals surface area contributed by atoms with E-state index in [1.807, 2.05) is 42.5 Å². The molecule has 2 aromatic carbocycles. The largest absolute Gasteiger partial charge is 0.458 e. The number of aromatic nitrogens is 3. The summed E-state index contributed by atoms with van der Waals surface area (Å²) in [6, 6.07) is 20.2. The number of aromatic amines is 1. The summed E-state index contributed by atoms with van der Waals surface area (Å²) in [5.74, 6) is 0.293. The lowest BCUT2D eigenvalue weighted by molar-refractivity contribution is -0.111. The molecule has 2 unspecified atom stereocenters. The Morgan fingerprint density at radius 1 is 0.833 bits per heavy atom. The van der Waals surface area contributed by atoms with Crippen LogP contribution in [-0.4, -0.2) is 51.8 Å². The van der Waals surface area contributed by atoms with E-state index in [1.165, 1.54) is 9.42 Å². The molecular formula is C45H61N5O4. The maximum atomic E-state index is 14.9. The molecule has 1 aliphatic rings.